The van der Waals surface area contributed by atoms with Crippen molar-refractivity contribution >= 4 is 23.6 Å². The first kappa shape index (κ1) is 18.2. The van der Waals surface area contributed by atoms with E-state index < -0.39 is 0 Å². The van der Waals surface area contributed by atoms with Crippen molar-refractivity contribution in [3.8, 4) is 5.75 Å². The summed E-state index contributed by atoms with van der Waals surface area (Å²) in [7, 11) is 3.31. The van der Waals surface area contributed by atoms with Gasteiger partial charge in [-0.1, -0.05) is 6.07 Å². The van der Waals surface area contributed by atoms with Crippen molar-refractivity contribution in [2.45, 2.75) is 0 Å². The first-order chi connectivity index (χ1) is 10.7. The average molecular weight is 324 g/mol. The molecular formula is C15H24N4O2S. The third-order valence-electron chi connectivity index (χ3n) is 2.86. The summed E-state index contributed by atoms with van der Waals surface area (Å²) in [6.45, 7) is 1.98. The molecule has 0 fully saturated rings. The molecule has 122 valence electrons. The fourth-order valence-electron chi connectivity index (χ4n) is 1.72. The highest BCUT2D eigenvalue weighted by molar-refractivity contribution is 7.98. The summed E-state index contributed by atoms with van der Waals surface area (Å²) in [5.74, 6) is 2.31. The minimum Gasteiger partial charge on any atom is -0.497 e. The molecule has 0 aliphatic rings. The lowest BCUT2D eigenvalue weighted by Gasteiger charge is -2.12. The number of ether oxygens (including phenoxy) is 1. The second-order valence-electron chi connectivity index (χ2n) is 4.41. The van der Waals surface area contributed by atoms with E-state index in [1.165, 1.54) is 0 Å². The molecule has 1 aromatic carbocycles. The zero-order chi connectivity index (χ0) is 16.2. The molecule has 0 heterocycles. The monoisotopic (exact) mass is 324 g/mol. The summed E-state index contributed by atoms with van der Waals surface area (Å²) in [4.78, 5) is 16.1. The van der Waals surface area contributed by atoms with Gasteiger partial charge in [0.25, 0.3) is 5.91 Å². The molecule has 3 N–H and O–H groups in total. The number of rotatable bonds is 8. The van der Waals surface area contributed by atoms with Crippen LogP contribution in [0, 0.1) is 0 Å². The second-order valence-corrected chi connectivity index (χ2v) is 5.39. The van der Waals surface area contributed by atoms with E-state index in [4.69, 9.17) is 4.74 Å². The van der Waals surface area contributed by atoms with E-state index in [1.807, 2.05) is 6.07 Å². The van der Waals surface area contributed by atoms with Crippen LogP contribution in [0.4, 0.5) is 0 Å². The number of nitrogens with one attached hydrogen (secondary N) is 3. The van der Waals surface area contributed by atoms with Crippen LogP contribution in [-0.2, 0) is 0 Å². The van der Waals surface area contributed by atoms with E-state index in [9.17, 15) is 4.79 Å². The third-order valence-corrected chi connectivity index (χ3v) is 3.47. The first-order valence-corrected chi connectivity index (χ1v) is 8.46. The van der Waals surface area contributed by atoms with Gasteiger partial charge in [-0.05, 0) is 24.5 Å². The molecule has 0 aliphatic heterocycles. The van der Waals surface area contributed by atoms with Gasteiger partial charge < -0.3 is 20.7 Å². The number of guanidine groups is 1. The first-order valence-electron chi connectivity index (χ1n) is 7.07. The fourth-order valence-corrected chi connectivity index (χ4v) is 2.02. The molecule has 0 unspecified atom stereocenters. The maximum atomic E-state index is 12.0. The van der Waals surface area contributed by atoms with Gasteiger partial charge in [0.2, 0.25) is 0 Å². The Labute approximate surface area is 136 Å². The van der Waals surface area contributed by atoms with Crippen LogP contribution in [0.2, 0.25) is 0 Å². The Balaban J connectivity index is 2.29. The number of nitrogens with zero attached hydrogens (tertiary/aromatic N) is 1. The van der Waals surface area contributed by atoms with Gasteiger partial charge >= 0.3 is 0 Å². The van der Waals surface area contributed by atoms with E-state index in [2.05, 4.69) is 27.2 Å². The molecule has 0 aromatic heterocycles. The molecule has 0 bridgehead atoms. The molecule has 1 aromatic rings. The molecule has 0 saturated heterocycles. The Morgan fingerprint density at radius 3 is 2.64 bits per heavy atom. The Hall–Kier alpha value is -1.89. The number of methoxy groups -OCH3 is 1. The predicted octanol–water partition coefficient (Wildman–Crippen LogP) is 0.953. The van der Waals surface area contributed by atoms with E-state index in [1.54, 1.807) is 44.1 Å². The minimum atomic E-state index is -0.119. The van der Waals surface area contributed by atoms with Crippen molar-refractivity contribution in [2.75, 3.05) is 45.8 Å². The molecule has 0 spiro atoms. The molecule has 1 rings (SSSR count). The van der Waals surface area contributed by atoms with Gasteiger partial charge in [-0.2, -0.15) is 11.8 Å². The molecule has 22 heavy (non-hydrogen) atoms. The lowest BCUT2D eigenvalue weighted by Crippen LogP contribution is -2.42. The van der Waals surface area contributed by atoms with E-state index in [0.717, 1.165) is 18.3 Å². The maximum absolute atomic E-state index is 12.0. The summed E-state index contributed by atoms with van der Waals surface area (Å²) in [6.07, 6.45) is 2.06. The number of amides is 1. The Morgan fingerprint density at radius 2 is 1.95 bits per heavy atom. The molecule has 0 atom stereocenters. The van der Waals surface area contributed by atoms with Gasteiger partial charge in [0.1, 0.15) is 5.75 Å². The highest BCUT2D eigenvalue weighted by atomic mass is 32.2. The highest BCUT2D eigenvalue weighted by Crippen LogP contribution is 2.11. The van der Waals surface area contributed by atoms with Gasteiger partial charge in [-0.3, -0.25) is 9.79 Å². The van der Waals surface area contributed by atoms with E-state index >= 15 is 0 Å². The van der Waals surface area contributed by atoms with E-state index in [0.29, 0.717) is 24.4 Å². The summed E-state index contributed by atoms with van der Waals surface area (Å²) < 4.78 is 5.11. The zero-order valence-electron chi connectivity index (χ0n) is 13.3. The van der Waals surface area contributed by atoms with E-state index in [-0.39, 0.29) is 5.91 Å². The Morgan fingerprint density at radius 1 is 1.23 bits per heavy atom. The van der Waals surface area contributed by atoms with Crippen molar-refractivity contribution in [1.82, 2.24) is 16.0 Å². The van der Waals surface area contributed by atoms with Crippen LogP contribution < -0.4 is 20.7 Å². The molecule has 0 radical (unpaired) electrons. The van der Waals surface area contributed by atoms with Crippen LogP contribution in [0.5, 0.6) is 5.75 Å². The van der Waals surface area contributed by atoms with Gasteiger partial charge in [-0.25, -0.2) is 0 Å². The molecule has 0 saturated carbocycles. The lowest BCUT2D eigenvalue weighted by atomic mass is 10.2. The Bertz CT molecular complexity index is 494. The Kier molecular flexibility index (Phi) is 8.90. The quantitative estimate of drug-likeness (QED) is 0.377. The third kappa shape index (κ3) is 6.71. The average Bonchev–Trinajstić information content (AvgIpc) is 2.56. The van der Waals surface area contributed by atoms with Gasteiger partial charge in [0, 0.05) is 38.0 Å². The second kappa shape index (κ2) is 10.8. The summed E-state index contributed by atoms with van der Waals surface area (Å²) >= 11 is 1.77. The van der Waals surface area contributed by atoms with Crippen LogP contribution in [0.25, 0.3) is 0 Å². The molecule has 1 amide bonds. The molecule has 6 nitrogen and oxygen atoms in total. The highest BCUT2D eigenvalue weighted by Gasteiger charge is 2.05. The van der Waals surface area contributed by atoms with Crippen molar-refractivity contribution in [3.63, 3.8) is 0 Å². The summed E-state index contributed by atoms with van der Waals surface area (Å²) in [6, 6.07) is 7.08. The van der Waals surface area contributed by atoms with Crippen molar-refractivity contribution in [1.29, 1.82) is 0 Å². The maximum Gasteiger partial charge on any atom is 0.251 e. The normalized spacial score (nSPS) is 11.0. The van der Waals surface area contributed by atoms with Crippen LogP contribution in [0.15, 0.2) is 29.3 Å². The largest absolute Gasteiger partial charge is 0.497 e. The van der Waals surface area contributed by atoms with Crippen LogP contribution in [-0.4, -0.2) is 57.7 Å². The topological polar surface area (TPSA) is 74.8 Å². The molecular weight excluding hydrogens is 300 g/mol. The number of carbonyl (C=O) groups is 1. The van der Waals surface area contributed by atoms with Gasteiger partial charge in [0.15, 0.2) is 5.96 Å². The number of carbonyl (C=O) groups excluding carboxylic acids is 1. The van der Waals surface area contributed by atoms with Crippen LogP contribution >= 0.6 is 11.8 Å². The van der Waals surface area contributed by atoms with Gasteiger partial charge in [0.05, 0.1) is 7.11 Å². The number of thioether (sulfide) groups is 1. The van der Waals surface area contributed by atoms with Crippen LogP contribution in [0.3, 0.4) is 0 Å². The standard InChI is InChI=1S/C15H24N4O2S/c1-16-15(19-9-10-22-3)18-8-7-17-14(20)12-5-4-6-13(11-12)21-2/h4-6,11H,7-10H2,1-3H3,(H,17,20)(H2,16,18,19). The number of aliphatic imine (C=N–C) groups is 1. The predicted molar refractivity (Wildman–Crippen MR) is 93.1 cm³/mol. The van der Waals surface area contributed by atoms with Crippen molar-refractivity contribution in [3.05, 3.63) is 29.8 Å². The van der Waals surface area contributed by atoms with Crippen molar-refractivity contribution in [2.24, 2.45) is 4.99 Å². The number of hydrogen-bond donors (Lipinski definition) is 3. The van der Waals surface area contributed by atoms with Crippen LogP contribution in [0.1, 0.15) is 10.4 Å². The number of benzene rings is 1. The number of hydrogen-bond acceptors (Lipinski definition) is 4. The lowest BCUT2D eigenvalue weighted by molar-refractivity contribution is 0.0954. The summed E-state index contributed by atoms with van der Waals surface area (Å²) in [5, 5.41) is 9.20. The molecule has 7 heteroatoms. The minimum absolute atomic E-state index is 0.119. The zero-order valence-corrected chi connectivity index (χ0v) is 14.1. The van der Waals surface area contributed by atoms with Gasteiger partial charge in [-0.15, -0.1) is 0 Å². The SMILES string of the molecule is CN=C(NCCNC(=O)c1cccc(OC)c1)NCCSC. The molecule has 0 aliphatic carbocycles. The fraction of sp³-hybridized carbons (Fsp3) is 0.467. The smallest absolute Gasteiger partial charge is 0.251 e. The van der Waals surface area contributed by atoms with Crippen molar-refractivity contribution < 1.29 is 9.53 Å². The summed E-state index contributed by atoms with van der Waals surface area (Å²) in [5.41, 5.74) is 0.585.